The highest BCUT2D eigenvalue weighted by atomic mass is 15.3. The maximum atomic E-state index is 2.67. The highest BCUT2D eigenvalue weighted by Crippen LogP contribution is 2.63. The molecule has 3 aliphatic carbocycles. The van der Waals surface area contributed by atoms with Crippen LogP contribution in [0.5, 0.6) is 0 Å². The quantitative estimate of drug-likeness (QED) is 0.150. The van der Waals surface area contributed by atoms with Crippen molar-refractivity contribution in [3.05, 3.63) is 276 Å². The van der Waals surface area contributed by atoms with Crippen LogP contribution in [-0.2, 0) is 16.2 Å². The molecule has 2 heteroatoms. The van der Waals surface area contributed by atoms with Crippen molar-refractivity contribution in [3.63, 3.8) is 0 Å². The summed E-state index contributed by atoms with van der Waals surface area (Å²) in [6, 6.07) is 92.5. The molecule has 0 radical (unpaired) electrons. The van der Waals surface area contributed by atoms with Crippen LogP contribution in [0.4, 0.5) is 22.7 Å². The van der Waals surface area contributed by atoms with E-state index in [1.807, 2.05) is 0 Å². The molecule has 15 rings (SSSR count). The first-order valence-electron chi connectivity index (χ1n) is 29.2. The Morgan fingerprint density at radius 2 is 0.570 bits per heavy atom. The van der Waals surface area contributed by atoms with Crippen molar-refractivity contribution in [2.75, 3.05) is 9.80 Å². The maximum absolute atomic E-state index is 2.67. The minimum absolute atomic E-state index is 0.0275. The van der Waals surface area contributed by atoms with E-state index in [9.17, 15) is 0 Å². The molecule has 10 aromatic carbocycles. The normalized spacial score (nSPS) is 23.0. The van der Waals surface area contributed by atoms with Crippen molar-refractivity contribution < 1.29 is 0 Å². The van der Waals surface area contributed by atoms with Crippen LogP contribution in [0.2, 0.25) is 0 Å². The summed E-state index contributed by atoms with van der Waals surface area (Å²) in [6.07, 6.45) is 9.88. The van der Waals surface area contributed by atoms with E-state index < -0.39 is 5.41 Å². The fourth-order valence-electron chi connectivity index (χ4n) is 16.3. The van der Waals surface area contributed by atoms with Crippen LogP contribution in [-0.4, -0.2) is 11.1 Å². The zero-order valence-corrected chi connectivity index (χ0v) is 46.1. The monoisotopic (exact) mass is 1020 g/mol. The van der Waals surface area contributed by atoms with Gasteiger partial charge in [-0.2, -0.15) is 0 Å². The number of nitrogens with zero attached hydrogens (tertiary/aromatic N) is 2. The lowest BCUT2D eigenvalue weighted by molar-refractivity contribution is 0.195. The SMILES string of the molecule is CC12CCCCC1(C)N(c1ccccc1)c1ccc(-c3ccc(-c4ccc5c(c4)C(c4ccccc4)(c4ccccc4)c4cc(-c6ccc(-c7ccc8c(c7)C7(C)CCCCC7(C)N8c7ccccc7)cc6)ccc4-5)cc3)cc12. The number of benzene rings is 10. The summed E-state index contributed by atoms with van der Waals surface area (Å²) in [7, 11) is 0. The van der Waals surface area contributed by atoms with Crippen molar-refractivity contribution in [1.29, 1.82) is 0 Å². The molecule has 0 N–H and O–H groups in total. The summed E-state index contributed by atoms with van der Waals surface area (Å²) >= 11 is 0. The Kier molecular flexibility index (Phi) is 10.9. The van der Waals surface area contributed by atoms with Crippen LogP contribution >= 0.6 is 0 Å². The van der Waals surface area contributed by atoms with Gasteiger partial charge in [0.25, 0.3) is 0 Å². The van der Waals surface area contributed by atoms with Crippen molar-refractivity contribution in [2.45, 2.75) is 106 Å². The number of hydrogen-bond acceptors (Lipinski definition) is 2. The van der Waals surface area contributed by atoms with E-state index in [4.69, 9.17) is 0 Å². The molecular weight excluding hydrogens is 953 g/mol. The van der Waals surface area contributed by atoms with Crippen LogP contribution in [0, 0.1) is 0 Å². The second-order valence-electron chi connectivity index (χ2n) is 24.6. The first kappa shape index (κ1) is 48.0. The zero-order valence-electron chi connectivity index (χ0n) is 46.1. The van der Waals surface area contributed by atoms with E-state index in [0.717, 1.165) is 0 Å². The molecule has 4 atom stereocenters. The molecule has 4 unspecified atom stereocenters. The zero-order chi connectivity index (χ0) is 53.1. The van der Waals surface area contributed by atoms with E-state index >= 15 is 0 Å². The molecule has 0 amide bonds. The number of para-hydroxylation sites is 2. The summed E-state index contributed by atoms with van der Waals surface area (Å²) in [6.45, 7) is 10.1. The van der Waals surface area contributed by atoms with Gasteiger partial charge in [0.1, 0.15) is 0 Å². The van der Waals surface area contributed by atoms with Gasteiger partial charge in [0, 0.05) is 33.6 Å². The number of hydrogen-bond donors (Lipinski definition) is 0. The van der Waals surface area contributed by atoms with Gasteiger partial charge in [0.2, 0.25) is 0 Å². The summed E-state index contributed by atoms with van der Waals surface area (Å²) in [5, 5.41) is 0. The lowest BCUT2D eigenvalue weighted by Gasteiger charge is -2.50. The van der Waals surface area contributed by atoms with Gasteiger partial charge in [0.05, 0.1) is 16.5 Å². The minimum Gasteiger partial charge on any atom is -0.334 e. The van der Waals surface area contributed by atoms with Crippen molar-refractivity contribution in [2.24, 2.45) is 0 Å². The van der Waals surface area contributed by atoms with Gasteiger partial charge in [-0.3, -0.25) is 0 Å². The molecule has 2 fully saturated rings. The Balaban J connectivity index is 0.787. The van der Waals surface area contributed by atoms with Gasteiger partial charge in [-0.15, -0.1) is 0 Å². The Hall–Kier alpha value is -8.20. The standard InChI is InChI=1S/C77H68N2/c1-73-45-17-19-47-75(73,3)78(63-25-13-7-14-26-63)71-43-39-59(51-69(71)73)55-33-29-53(30-34-55)57-37-41-65-66-42-38-58(50-68(66)77(67(65)49-57,61-21-9-5-10-22-61)62-23-11-6-12-24-62)54-31-35-56(36-32-54)60-40-44-72-70(52-60)74(2)46-18-20-48-76(74,4)79(72)64-27-15-8-16-28-64/h5-16,21-44,49-52H,17-20,45-48H2,1-4H3. The molecule has 2 heterocycles. The Bertz CT molecular complexity index is 3700. The molecule has 5 aliphatic rings. The highest BCUT2D eigenvalue weighted by molar-refractivity contribution is 5.91. The molecule has 2 nitrogen and oxygen atoms in total. The first-order chi connectivity index (χ1) is 38.6. The maximum Gasteiger partial charge on any atom is 0.0713 e. The molecule has 0 spiro atoms. The van der Waals surface area contributed by atoms with Crippen LogP contribution in [0.15, 0.2) is 243 Å². The predicted molar refractivity (Wildman–Crippen MR) is 331 cm³/mol. The van der Waals surface area contributed by atoms with Gasteiger partial charge in [-0.1, -0.05) is 222 Å². The molecule has 2 saturated carbocycles. The third-order valence-corrected chi connectivity index (χ3v) is 20.9. The number of rotatable bonds is 8. The van der Waals surface area contributed by atoms with E-state index in [2.05, 4.69) is 280 Å². The summed E-state index contributed by atoms with van der Waals surface area (Å²) < 4.78 is 0. The van der Waals surface area contributed by atoms with Crippen LogP contribution in [0.25, 0.3) is 55.6 Å². The Morgan fingerprint density at radius 3 is 0.924 bits per heavy atom. The lowest BCUT2D eigenvalue weighted by Crippen LogP contribution is -2.54. The van der Waals surface area contributed by atoms with E-state index in [1.165, 1.54) is 163 Å². The Morgan fingerprint density at radius 1 is 0.278 bits per heavy atom. The second kappa shape index (κ2) is 17.9. The highest BCUT2D eigenvalue weighted by Gasteiger charge is 2.59. The topological polar surface area (TPSA) is 6.48 Å². The van der Waals surface area contributed by atoms with Crippen molar-refractivity contribution in [1.82, 2.24) is 0 Å². The first-order valence-corrected chi connectivity index (χ1v) is 29.2. The molecule has 79 heavy (non-hydrogen) atoms. The molecule has 2 aliphatic heterocycles. The van der Waals surface area contributed by atoms with Crippen LogP contribution in [0.3, 0.4) is 0 Å². The molecule has 0 saturated heterocycles. The molecule has 0 bridgehead atoms. The van der Waals surface area contributed by atoms with E-state index in [-0.39, 0.29) is 21.9 Å². The summed E-state index contributed by atoms with van der Waals surface area (Å²) in [5.41, 5.74) is 25.7. The van der Waals surface area contributed by atoms with Crippen molar-refractivity contribution >= 4 is 22.7 Å². The van der Waals surface area contributed by atoms with Gasteiger partial charge in [0.15, 0.2) is 0 Å². The van der Waals surface area contributed by atoms with Crippen LogP contribution < -0.4 is 9.80 Å². The lowest BCUT2D eigenvalue weighted by atomic mass is 9.61. The van der Waals surface area contributed by atoms with Crippen LogP contribution in [0.1, 0.15) is 112 Å². The molecule has 386 valence electrons. The third kappa shape index (κ3) is 6.89. The Labute approximate surface area is 468 Å². The molecule has 0 aromatic heterocycles. The van der Waals surface area contributed by atoms with Crippen molar-refractivity contribution in [3.8, 4) is 55.6 Å². The fourth-order valence-corrected chi connectivity index (χ4v) is 16.3. The number of anilines is 4. The molecular formula is C77H68N2. The molecule has 10 aromatic rings. The second-order valence-corrected chi connectivity index (χ2v) is 24.6. The average Bonchev–Trinajstić information content (AvgIpc) is 2.80. The largest absolute Gasteiger partial charge is 0.334 e. The van der Waals surface area contributed by atoms with Gasteiger partial charge in [-0.05, 0) is 189 Å². The minimum atomic E-state index is -0.539. The predicted octanol–water partition coefficient (Wildman–Crippen LogP) is 20.2. The van der Waals surface area contributed by atoms with Gasteiger partial charge in [-0.25, -0.2) is 0 Å². The third-order valence-electron chi connectivity index (χ3n) is 20.9. The fraction of sp³-hybridized carbons (Fsp3) is 0.221. The van der Waals surface area contributed by atoms with E-state index in [1.54, 1.807) is 0 Å². The van der Waals surface area contributed by atoms with E-state index in [0.29, 0.717) is 0 Å². The summed E-state index contributed by atoms with van der Waals surface area (Å²) in [4.78, 5) is 5.34. The number of fused-ring (bicyclic) bond motifs is 9. The summed E-state index contributed by atoms with van der Waals surface area (Å²) in [5.74, 6) is 0. The average molecular weight is 1020 g/mol. The smallest absolute Gasteiger partial charge is 0.0713 e. The van der Waals surface area contributed by atoms with Gasteiger partial charge < -0.3 is 9.80 Å². The van der Waals surface area contributed by atoms with Gasteiger partial charge >= 0.3 is 0 Å².